The third-order valence-corrected chi connectivity index (χ3v) is 4.73. The standard InChI is InChI=1S/C13H13I3O3/c1-2-3-4-5-11(17)19-13(18)12-9(15)6-8(14)7-10(12)16/h6-7H,2-5H2,1H3. The highest BCUT2D eigenvalue weighted by Crippen LogP contribution is 2.23. The zero-order valence-corrected chi connectivity index (χ0v) is 16.8. The van der Waals surface area contributed by atoms with Crippen LogP contribution in [0.4, 0.5) is 0 Å². The van der Waals surface area contributed by atoms with E-state index in [2.05, 4.69) is 74.7 Å². The maximum atomic E-state index is 12.0. The molecule has 0 aromatic heterocycles. The van der Waals surface area contributed by atoms with Gasteiger partial charge in [0.1, 0.15) is 0 Å². The third-order valence-electron chi connectivity index (χ3n) is 2.40. The number of benzene rings is 1. The highest BCUT2D eigenvalue weighted by molar-refractivity contribution is 14.1. The number of carbonyl (C=O) groups excluding carboxylic acids is 2. The zero-order valence-electron chi connectivity index (χ0n) is 10.3. The second-order valence-corrected chi connectivity index (χ2v) is 7.53. The molecule has 0 aliphatic rings. The van der Waals surface area contributed by atoms with E-state index < -0.39 is 11.9 Å². The van der Waals surface area contributed by atoms with Gasteiger partial charge in [-0.25, -0.2) is 4.79 Å². The first-order chi connectivity index (χ1) is 8.95. The average Bonchev–Trinajstić information content (AvgIpc) is 2.27. The Labute approximate surface area is 153 Å². The van der Waals surface area contributed by atoms with Crippen LogP contribution in [0, 0.1) is 10.7 Å². The summed E-state index contributed by atoms with van der Waals surface area (Å²) >= 11 is 6.36. The molecule has 1 aromatic carbocycles. The number of unbranched alkanes of at least 4 members (excludes halogenated alkanes) is 2. The minimum Gasteiger partial charge on any atom is -0.389 e. The molecule has 0 saturated carbocycles. The first kappa shape index (κ1) is 17.6. The summed E-state index contributed by atoms with van der Waals surface area (Å²) in [4.78, 5) is 23.5. The van der Waals surface area contributed by atoms with E-state index in [1.165, 1.54) is 0 Å². The maximum Gasteiger partial charge on any atom is 0.347 e. The number of rotatable bonds is 5. The predicted molar refractivity (Wildman–Crippen MR) is 99.2 cm³/mol. The van der Waals surface area contributed by atoms with Crippen molar-refractivity contribution in [2.24, 2.45) is 0 Å². The number of carbonyl (C=O) groups is 2. The van der Waals surface area contributed by atoms with E-state index in [1.54, 1.807) is 0 Å². The van der Waals surface area contributed by atoms with Gasteiger partial charge in [0.05, 0.1) is 5.56 Å². The van der Waals surface area contributed by atoms with Gasteiger partial charge < -0.3 is 4.74 Å². The van der Waals surface area contributed by atoms with Crippen molar-refractivity contribution in [2.45, 2.75) is 32.6 Å². The molecule has 0 spiro atoms. The summed E-state index contributed by atoms with van der Waals surface area (Å²) in [5.74, 6) is -0.990. The van der Waals surface area contributed by atoms with Crippen LogP contribution in [0.5, 0.6) is 0 Å². The van der Waals surface area contributed by atoms with Crippen molar-refractivity contribution in [2.75, 3.05) is 0 Å². The van der Waals surface area contributed by atoms with Gasteiger partial charge >= 0.3 is 11.9 Å². The molecule has 0 aliphatic heterocycles. The quantitative estimate of drug-likeness (QED) is 0.213. The van der Waals surface area contributed by atoms with E-state index in [4.69, 9.17) is 4.74 Å². The molecule has 0 heterocycles. The van der Waals surface area contributed by atoms with Gasteiger partial charge in [-0.1, -0.05) is 19.8 Å². The Balaban J connectivity index is 2.71. The van der Waals surface area contributed by atoms with Crippen LogP contribution in [0.15, 0.2) is 12.1 Å². The van der Waals surface area contributed by atoms with E-state index in [0.717, 1.165) is 30.0 Å². The monoisotopic (exact) mass is 598 g/mol. The van der Waals surface area contributed by atoms with Crippen LogP contribution >= 0.6 is 67.8 Å². The Kier molecular flexibility index (Phi) is 8.11. The second-order valence-electron chi connectivity index (χ2n) is 3.96. The third kappa shape index (κ3) is 5.82. The maximum absolute atomic E-state index is 12.0. The normalized spacial score (nSPS) is 10.3. The smallest absolute Gasteiger partial charge is 0.347 e. The van der Waals surface area contributed by atoms with E-state index >= 15 is 0 Å². The molecule has 0 saturated heterocycles. The molecule has 1 aromatic rings. The Morgan fingerprint density at radius 1 is 1.11 bits per heavy atom. The fourth-order valence-corrected chi connectivity index (χ4v) is 5.49. The minimum atomic E-state index is -0.549. The van der Waals surface area contributed by atoms with Crippen molar-refractivity contribution >= 4 is 79.7 Å². The first-order valence-electron chi connectivity index (χ1n) is 5.85. The molecular weight excluding hydrogens is 585 g/mol. The molecule has 104 valence electrons. The lowest BCUT2D eigenvalue weighted by atomic mass is 10.2. The molecule has 0 N–H and O–H groups in total. The lowest BCUT2D eigenvalue weighted by Gasteiger charge is -2.07. The predicted octanol–water partition coefficient (Wildman–Crippen LogP) is 4.76. The van der Waals surface area contributed by atoms with Crippen molar-refractivity contribution < 1.29 is 14.3 Å². The van der Waals surface area contributed by atoms with Gasteiger partial charge in [-0.3, -0.25) is 4.79 Å². The summed E-state index contributed by atoms with van der Waals surface area (Å²) in [6, 6.07) is 3.78. The Hall–Kier alpha value is 0.550. The largest absolute Gasteiger partial charge is 0.389 e. The average molecular weight is 598 g/mol. The van der Waals surface area contributed by atoms with Crippen molar-refractivity contribution in [1.82, 2.24) is 0 Å². The summed E-state index contributed by atoms with van der Waals surface area (Å²) in [6.07, 6.45) is 3.08. The molecule has 0 fully saturated rings. The van der Waals surface area contributed by atoms with E-state index in [1.807, 2.05) is 12.1 Å². The molecule has 0 radical (unpaired) electrons. The van der Waals surface area contributed by atoms with Crippen molar-refractivity contribution in [3.05, 3.63) is 28.4 Å². The molecule has 6 heteroatoms. The summed E-state index contributed by atoms with van der Waals surface area (Å²) in [7, 11) is 0. The van der Waals surface area contributed by atoms with Crippen LogP contribution in [-0.2, 0) is 9.53 Å². The molecule has 0 atom stereocenters. The Bertz CT molecular complexity index is 463. The van der Waals surface area contributed by atoms with Crippen LogP contribution in [0.2, 0.25) is 0 Å². The van der Waals surface area contributed by atoms with E-state index in [9.17, 15) is 9.59 Å². The van der Waals surface area contributed by atoms with Crippen LogP contribution in [-0.4, -0.2) is 11.9 Å². The number of hydrogen-bond acceptors (Lipinski definition) is 3. The summed E-state index contributed by atoms with van der Waals surface area (Å²) in [6.45, 7) is 2.06. The highest BCUT2D eigenvalue weighted by Gasteiger charge is 2.19. The number of hydrogen-bond donors (Lipinski definition) is 0. The lowest BCUT2D eigenvalue weighted by Crippen LogP contribution is -2.15. The molecule has 0 amide bonds. The molecule has 19 heavy (non-hydrogen) atoms. The van der Waals surface area contributed by atoms with Crippen LogP contribution in [0.25, 0.3) is 0 Å². The molecule has 0 bridgehead atoms. The van der Waals surface area contributed by atoms with Crippen LogP contribution in [0.3, 0.4) is 0 Å². The fraction of sp³-hybridized carbons (Fsp3) is 0.385. The van der Waals surface area contributed by atoms with Crippen LogP contribution < -0.4 is 0 Å². The molecule has 3 nitrogen and oxygen atoms in total. The van der Waals surface area contributed by atoms with E-state index in [-0.39, 0.29) is 0 Å². The topological polar surface area (TPSA) is 43.4 Å². The Morgan fingerprint density at radius 2 is 1.68 bits per heavy atom. The molecular formula is C13H13I3O3. The first-order valence-corrected chi connectivity index (χ1v) is 9.09. The van der Waals surface area contributed by atoms with Gasteiger partial charge in [-0.15, -0.1) is 0 Å². The van der Waals surface area contributed by atoms with Gasteiger partial charge in [-0.2, -0.15) is 0 Å². The van der Waals surface area contributed by atoms with Crippen molar-refractivity contribution in [1.29, 1.82) is 0 Å². The lowest BCUT2D eigenvalue weighted by molar-refractivity contribution is -0.138. The van der Waals surface area contributed by atoms with Crippen molar-refractivity contribution in [3.63, 3.8) is 0 Å². The number of esters is 2. The van der Waals surface area contributed by atoms with Crippen molar-refractivity contribution in [3.8, 4) is 0 Å². The zero-order chi connectivity index (χ0) is 14.4. The molecule has 0 aliphatic carbocycles. The second kappa shape index (κ2) is 8.75. The van der Waals surface area contributed by atoms with Gasteiger partial charge in [0, 0.05) is 17.1 Å². The summed E-state index contributed by atoms with van der Waals surface area (Å²) < 4.78 is 7.56. The fourth-order valence-electron chi connectivity index (χ4n) is 1.46. The minimum absolute atomic E-state index is 0.303. The molecule has 1 rings (SSSR count). The number of ether oxygens (including phenoxy) is 1. The van der Waals surface area contributed by atoms with E-state index in [0.29, 0.717) is 12.0 Å². The SMILES string of the molecule is CCCCCC(=O)OC(=O)c1c(I)cc(I)cc1I. The van der Waals surface area contributed by atoms with Crippen LogP contribution in [0.1, 0.15) is 43.0 Å². The summed E-state index contributed by atoms with van der Waals surface area (Å²) in [5.41, 5.74) is 0.477. The van der Waals surface area contributed by atoms with Gasteiger partial charge in [0.15, 0.2) is 0 Å². The Morgan fingerprint density at radius 3 is 2.21 bits per heavy atom. The summed E-state index contributed by atoms with van der Waals surface area (Å²) in [5, 5.41) is 0. The van der Waals surface area contributed by atoms with Gasteiger partial charge in [0.2, 0.25) is 0 Å². The van der Waals surface area contributed by atoms with Gasteiger partial charge in [0.25, 0.3) is 0 Å². The number of halogens is 3. The molecule has 0 unspecified atom stereocenters. The van der Waals surface area contributed by atoms with Gasteiger partial charge in [-0.05, 0) is 86.3 Å². The highest BCUT2D eigenvalue weighted by atomic mass is 127.